The van der Waals surface area contributed by atoms with Gasteiger partial charge in [0.05, 0.1) is 29.7 Å². The van der Waals surface area contributed by atoms with Crippen LogP contribution in [0.4, 0.5) is 20.2 Å². The van der Waals surface area contributed by atoms with Gasteiger partial charge in [0, 0.05) is 36.5 Å². The van der Waals surface area contributed by atoms with Crippen molar-refractivity contribution in [3.63, 3.8) is 0 Å². The SMILES string of the molecule is COc1c(F)cccc1Nc1c(-c2ccnc(F)c2)[nH]c2c1C(=O)NCC2. The number of anilines is 2. The lowest BCUT2D eigenvalue weighted by Gasteiger charge is -2.16. The Kier molecular flexibility index (Phi) is 4.23. The van der Waals surface area contributed by atoms with Crippen LogP contribution >= 0.6 is 0 Å². The number of hydrogen-bond acceptors (Lipinski definition) is 4. The number of rotatable bonds is 4. The van der Waals surface area contributed by atoms with Crippen LogP contribution in [0, 0.1) is 11.8 Å². The number of para-hydroxylation sites is 1. The minimum atomic E-state index is -0.640. The number of nitrogens with one attached hydrogen (secondary N) is 3. The van der Waals surface area contributed by atoms with Crippen LogP contribution in [0.1, 0.15) is 16.1 Å². The average molecular weight is 370 g/mol. The van der Waals surface area contributed by atoms with E-state index in [9.17, 15) is 13.6 Å². The van der Waals surface area contributed by atoms with Crippen molar-refractivity contribution in [2.24, 2.45) is 0 Å². The van der Waals surface area contributed by atoms with Gasteiger partial charge in [-0.05, 0) is 18.2 Å². The molecule has 0 saturated heterocycles. The average Bonchev–Trinajstić information content (AvgIpc) is 3.02. The molecule has 1 aliphatic rings. The number of benzene rings is 1. The van der Waals surface area contributed by atoms with E-state index in [1.54, 1.807) is 12.1 Å². The van der Waals surface area contributed by atoms with E-state index in [2.05, 4.69) is 20.6 Å². The zero-order chi connectivity index (χ0) is 19.0. The second-order valence-electron chi connectivity index (χ2n) is 6.05. The Morgan fingerprint density at radius 3 is 2.89 bits per heavy atom. The number of fused-ring (bicyclic) bond motifs is 1. The van der Waals surface area contributed by atoms with Gasteiger partial charge in [0.1, 0.15) is 0 Å². The minimum Gasteiger partial charge on any atom is -0.492 e. The summed E-state index contributed by atoms with van der Waals surface area (Å²) >= 11 is 0. The maximum Gasteiger partial charge on any atom is 0.255 e. The predicted molar refractivity (Wildman–Crippen MR) is 96.3 cm³/mol. The van der Waals surface area contributed by atoms with E-state index in [4.69, 9.17) is 4.74 Å². The summed E-state index contributed by atoms with van der Waals surface area (Å²) in [5.41, 5.74) is 2.96. The van der Waals surface area contributed by atoms with Crippen molar-refractivity contribution in [3.8, 4) is 17.0 Å². The fraction of sp³-hybridized carbons (Fsp3) is 0.158. The molecular formula is C19H16F2N4O2. The number of aromatic amines is 1. The zero-order valence-electron chi connectivity index (χ0n) is 14.4. The highest BCUT2D eigenvalue weighted by molar-refractivity contribution is 6.06. The molecule has 0 bridgehead atoms. The van der Waals surface area contributed by atoms with Crippen molar-refractivity contribution < 1.29 is 18.3 Å². The van der Waals surface area contributed by atoms with Crippen LogP contribution in [0.15, 0.2) is 36.5 Å². The Hall–Kier alpha value is -3.42. The van der Waals surface area contributed by atoms with Crippen LogP contribution in [-0.2, 0) is 6.42 Å². The van der Waals surface area contributed by atoms with Crippen molar-refractivity contribution >= 4 is 17.3 Å². The Bertz CT molecular complexity index is 1030. The summed E-state index contributed by atoms with van der Waals surface area (Å²) in [7, 11) is 1.36. The first-order valence-corrected chi connectivity index (χ1v) is 8.33. The van der Waals surface area contributed by atoms with Crippen LogP contribution in [0.3, 0.4) is 0 Å². The van der Waals surface area contributed by atoms with Gasteiger partial charge < -0.3 is 20.4 Å². The van der Waals surface area contributed by atoms with Crippen LogP contribution in [-0.4, -0.2) is 29.5 Å². The number of H-pyrrole nitrogens is 1. The molecule has 0 radical (unpaired) electrons. The molecule has 0 saturated carbocycles. The van der Waals surface area contributed by atoms with E-state index >= 15 is 0 Å². The number of aromatic nitrogens is 2. The molecule has 1 aliphatic heterocycles. The van der Waals surface area contributed by atoms with Gasteiger partial charge >= 0.3 is 0 Å². The molecule has 1 aromatic carbocycles. The van der Waals surface area contributed by atoms with E-state index in [1.165, 1.54) is 31.5 Å². The van der Waals surface area contributed by atoms with E-state index in [0.29, 0.717) is 41.2 Å². The van der Waals surface area contributed by atoms with Crippen LogP contribution in [0.25, 0.3) is 11.3 Å². The van der Waals surface area contributed by atoms with Gasteiger partial charge in [-0.1, -0.05) is 6.07 Å². The number of amides is 1. The number of nitrogens with zero attached hydrogens (tertiary/aromatic N) is 1. The lowest BCUT2D eigenvalue weighted by Crippen LogP contribution is -2.31. The predicted octanol–water partition coefficient (Wildman–Crippen LogP) is 3.39. The molecule has 0 fully saturated rings. The Morgan fingerprint density at radius 2 is 2.11 bits per heavy atom. The topological polar surface area (TPSA) is 79.0 Å². The summed E-state index contributed by atoms with van der Waals surface area (Å²) in [6.07, 6.45) is 1.95. The van der Waals surface area contributed by atoms with Gasteiger partial charge in [-0.25, -0.2) is 9.37 Å². The number of carbonyl (C=O) groups excluding carboxylic acids is 1. The van der Waals surface area contributed by atoms with Gasteiger partial charge in [0.2, 0.25) is 5.95 Å². The molecule has 0 atom stereocenters. The zero-order valence-corrected chi connectivity index (χ0v) is 14.4. The third kappa shape index (κ3) is 2.99. The third-order valence-corrected chi connectivity index (χ3v) is 4.41. The molecule has 3 N–H and O–H groups in total. The second kappa shape index (κ2) is 6.71. The molecule has 0 unspecified atom stereocenters. The summed E-state index contributed by atoms with van der Waals surface area (Å²) in [6, 6.07) is 7.35. The highest BCUT2D eigenvalue weighted by atomic mass is 19.1. The maximum atomic E-state index is 14.1. The smallest absolute Gasteiger partial charge is 0.255 e. The lowest BCUT2D eigenvalue weighted by atomic mass is 10.1. The van der Waals surface area contributed by atoms with Crippen molar-refractivity contribution in [2.75, 3.05) is 19.0 Å². The maximum absolute atomic E-state index is 14.1. The van der Waals surface area contributed by atoms with E-state index in [-0.39, 0.29) is 11.7 Å². The number of carbonyl (C=O) groups is 1. The molecule has 138 valence electrons. The third-order valence-electron chi connectivity index (χ3n) is 4.41. The van der Waals surface area contributed by atoms with E-state index < -0.39 is 11.8 Å². The molecule has 3 aromatic rings. The quantitative estimate of drug-likeness (QED) is 0.615. The lowest BCUT2D eigenvalue weighted by molar-refractivity contribution is 0.0947. The monoisotopic (exact) mass is 370 g/mol. The molecule has 1 amide bonds. The fourth-order valence-electron chi connectivity index (χ4n) is 3.23. The first-order valence-electron chi connectivity index (χ1n) is 8.33. The first-order chi connectivity index (χ1) is 13.1. The molecule has 0 spiro atoms. The van der Waals surface area contributed by atoms with Crippen LogP contribution in [0.5, 0.6) is 5.75 Å². The Labute approximate surface area is 153 Å². The summed E-state index contributed by atoms with van der Waals surface area (Å²) in [6.45, 7) is 0.499. The fourth-order valence-corrected chi connectivity index (χ4v) is 3.23. The van der Waals surface area contributed by atoms with Gasteiger partial charge in [0.15, 0.2) is 11.6 Å². The number of ether oxygens (including phenoxy) is 1. The minimum absolute atomic E-state index is 0.0236. The Balaban J connectivity index is 1.90. The van der Waals surface area contributed by atoms with E-state index in [1.807, 2.05) is 0 Å². The molecule has 6 nitrogen and oxygen atoms in total. The molecular weight excluding hydrogens is 354 g/mol. The number of halogens is 2. The summed E-state index contributed by atoms with van der Waals surface area (Å²) in [4.78, 5) is 19.2. The highest BCUT2D eigenvalue weighted by Crippen LogP contribution is 2.39. The summed E-state index contributed by atoms with van der Waals surface area (Å²) in [5, 5.41) is 5.88. The molecule has 0 aliphatic carbocycles. The largest absolute Gasteiger partial charge is 0.492 e. The first kappa shape index (κ1) is 17.0. The molecule has 2 aromatic heterocycles. The highest BCUT2D eigenvalue weighted by Gasteiger charge is 2.27. The van der Waals surface area contributed by atoms with Crippen molar-refractivity contribution in [1.82, 2.24) is 15.3 Å². The normalized spacial score (nSPS) is 13.1. The number of hydrogen-bond donors (Lipinski definition) is 3. The van der Waals surface area contributed by atoms with Gasteiger partial charge in [-0.2, -0.15) is 4.39 Å². The van der Waals surface area contributed by atoms with Gasteiger partial charge in [-0.15, -0.1) is 0 Å². The molecule has 3 heterocycles. The summed E-state index contributed by atoms with van der Waals surface area (Å²) in [5.74, 6) is -1.41. The second-order valence-corrected chi connectivity index (χ2v) is 6.05. The van der Waals surface area contributed by atoms with Gasteiger partial charge in [-0.3, -0.25) is 4.79 Å². The van der Waals surface area contributed by atoms with Crippen molar-refractivity contribution in [3.05, 3.63) is 59.6 Å². The number of methoxy groups -OCH3 is 1. The van der Waals surface area contributed by atoms with Gasteiger partial charge in [0.25, 0.3) is 5.91 Å². The van der Waals surface area contributed by atoms with Crippen LogP contribution < -0.4 is 15.4 Å². The molecule has 27 heavy (non-hydrogen) atoms. The summed E-state index contributed by atoms with van der Waals surface area (Å²) < 4.78 is 32.9. The molecule has 8 heteroatoms. The number of pyridine rings is 1. The Morgan fingerprint density at radius 1 is 1.26 bits per heavy atom. The van der Waals surface area contributed by atoms with E-state index in [0.717, 1.165) is 5.69 Å². The van der Waals surface area contributed by atoms with Crippen molar-refractivity contribution in [1.29, 1.82) is 0 Å². The van der Waals surface area contributed by atoms with Crippen molar-refractivity contribution in [2.45, 2.75) is 6.42 Å². The molecule has 4 rings (SSSR count). The van der Waals surface area contributed by atoms with Crippen LogP contribution in [0.2, 0.25) is 0 Å². The standard InChI is InChI=1S/C19H16F2N4O2/c1-27-18-11(20)3-2-4-13(18)25-17-15-12(6-8-23-19(15)26)24-16(17)10-5-7-22-14(21)9-10/h2-5,7,9,24-25H,6,8H2,1H3,(H,23,26).